The second kappa shape index (κ2) is 12.9. The summed E-state index contributed by atoms with van der Waals surface area (Å²) in [7, 11) is -3.57. The minimum Gasteiger partial charge on any atom is -0.454 e. The molecule has 6 rings (SSSR count). The van der Waals surface area contributed by atoms with Gasteiger partial charge in [0.25, 0.3) is 0 Å². The molecular weight excluding hydrogens is 626 g/mol. The summed E-state index contributed by atoms with van der Waals surface area (Å²) in [6.45, 7) is 0. The van der Waals surface area contributed by atoms with E-state index in [4.69, 9.17) is 31.4 Å². The molecule has 0 bridgehead atoms. The van der Waals surface area contributed by atoms with Gasteiger partial charge in [0.05, 0.1) is 0 Å². The average molecular weight is 654 g/mol. The first-order valence-corrected chi connectivity index (χ1v) is 15.9. The predicted molar refractivity (Wildman–Crippen MR) is 178 cm³/mol. The monoisotopic (exact) mass is 653 g/mol. The largest absolute Gasteiger partial charge is 0.454 e. The van der Waals surface area contributed by atoms with Crippen LogP contribution in [-0.2, 0) is 4.57 Å². The van der Waals surface area contributed by atoms with E-state index in [-0.39, 0.29) is 34.3 Å². The van der Waals surface area contributed by atoms with Gasteiger partial charge in [-0.15, -0.1) is 0 Å². The molecule has 0 radical (unpaired) electrons. The van der Waals surface area contributed by atoms with E-state index >= 15 is 4.57 Å². The zero-order chi connectivity index (χ0) is 33.1. The summed E-state index contributed by atoms with van der Waals surface area (Å²) in [6.07, 6.45) is 0. The Bertz CT molecular complexity index is 1870. The molecule has 236 valence electrons. The molecule has 6 aromatic carbocycles. The van der Waals surface area contributed by atoms with Crippen LogP contribution in [0.3, 0.4) is 0 Å². The molecule has 0 aromatic heterocycles. The second-order valence-electron chi connectivity index (χ2n) is 10.5. The van der Waals surface area contributed by atoms with Crippen LogP contribution in [0, 0.1) is 17.5 Å². The highest BCUT2D eigenvalue weighted by molar-refractivity contribution is 7.85. The van der Waals surface area contributed by atoms with Crippen LogP contribution in [0.2, 0.25) is 0 Å². The maximum Gasteiger partial charge on any atom is 0.171 e. The van der Waals surface area contributed by atoms with E-state index in [0.717, 1.165) is 18.2 Å². The van der Waals surface area contributed by atoms with E-state index in [1.807, 2.05) is 0 Å². The summed E-state index contributed by atoms with van der Waals surface area (Å²) in [5.41, 5.74) is 17.7. The van der Waals surface area contributed by atoms with Crippen LogP contribution in [0.25, 0.3) is 0 Å². The minimum atomic E-state index is -3.57. The first-order chi connectivity index (χ1) is 22.6. The molecule has 6 N–H and O–H groups in total. The summed E-state index contributed by atoms with van der Waals surface area (Å²) < 4.78 is 75.3. The number of hydrogen-bond donors (Lipinski definition) is 3. The van der Waals surface area contributed by atoms with Crippen LogP contribution in [0.5, 0.6) is 34.5 Å². The molecule has 0 heterocycles. The first-order valence-electron chi connectivity index (χ1n) is 14.2. The minimum absolute atomic E-state index is 0.0172. The molecule has 0 amide bonds. The number of benzene rings is 6. The lowest BCUT2D eigenvalue weighted by molar-refractivity contribution is 0.442. The lowest BCUT2D eigenvalue weighted by Crippen LogP contribution is -2.25. The lowest BCUT2D eigenvalue weighted by atomic mass is 10.3. The molecule has 0 aliphatic carbocycles. The van der Waals surface area contributed by atoms with Crippen LogP contribution in [0.1, 0.15) is 0 Å². The summed E-state index contributed by atoms with van der Waals surface area (Å²) in [4.78, 5) is 0. The van der Waals surface area contributed by atoms with Crippen LogP contribution in [0.4, 0.5) is 30.2 Å². The average Bonchev–Trinajstić information content (AvgIpc) is 3.06. The number of ether oxygens (including phenoxy) is 3. The summed E-state index contributed by atoms with van der Waals surface area (Å²) in [5.74, 6) is -0.983. The number of nitrogens with two attached hydrogens (primary N) is 3. The molecule has 0 saturated carbocycles. The molecule has 7 nitrogen and oxygen atoms in total. The van der Waals surface area contributed by atoms with Gasteiger partial charge in [-0.1, -0.05) is 0 Å². The highest BCUT2D eigenvalue weighted by Crippen LogP contribution is 2.44. The van der Waals surface area contributed by atoms with E-state index in [2.05, 4.69) is 0 Å². The zero-order valence-electron chi connectivity index (χ0n) is 24.6. The van der Waals surface area contributed by atoms with E-state index in [9.17, 15) is 13.2 Å². The van der Waals surface area contributed by atoms with Gasteiger partial charge < -0.3 is 36.0 Å². The van der Waals surface area contributed by atoms with Gasteiger partial charge in [-0.2, -0.15) is 0 Å². The van der Waals surface area contributed by atoms with Crippen LogP contribution in [-0.4, -0.2) is 0 Å². The second-order valence-corrected chi connectivity index (χ2v) is 13.2. The SMILES string of the molecule is Nc1ccc(Oc2ccc(P(=O)(c3ccc(Oc4ccc(N)cc4F)cc3)c3ccc(Oc4ccc(N)cc4F)cc3)cc2)c(F)c1. The number of rotatable bonds is 9. The number of halogens is 3. The van der Waals surface area contributed by atoms with Crippen molar-refractivity contribution < 1.29 is 31.9 Å². The Kier molecular flexibility index (Phi) is 8.52. The fourth-order valence-electron chi connectivity index (χ4n) is 4.80. The van der Waals surface area contributed by atoms with Crippen LogP contribution in [0.15, 0.2) is 127 Å². The molecule has 11 heteroatoms. The van der Waals surface area contributed by atoms with Crippen molar-refractivity contribution >= 4 is 40.1 Å². The van der Waals surface area contributed by atoms with Crippen molar-refractivity contribution in [3.8, 4) is 34.5 Å². The first kappa shape index (κ1) is 31.1. The van der Waals surface area contributed by atoms with Crippen molar-refractivity contribution in [1.29, 1.82) is 0 Å². The normalized spacial score (nSPS) is 11.2. The number of hydrogen-bond acceptors (Lipinski definition) is 7. The Morgan fingerprint density at radius 1 is 0.404 bits per heavy atom. The smallest absolute Gasteiger partial charge is 0.171 e. The highest BCUT2D eigenvalue weighted by atomic mass is 31.2. The molecule has 0 atom stereocenters. The van der Waals surface area contributed by atoms with E-state index in [1.54, 1.807) is 72.8 Å². The fourth-order valence-corrected chi connectivity index (χ4v) is 7.40. The van der Waals surface area contributed by atoms with Gasteiger partial charge in [0.15, 0.2) is 41.8 Å². The predicted octanol–water partition coefficient (Wildman–Crippen LogP) is 7.87. The van der Waals surface area contributed by atoms with E-state index in [0.29, 0.717) is 33.2 Å². The third kappa shape index (κ3) is 6.73. The van der Waals surface area contributed by atoms with E-state index in [1.165, 1.54) is 36.4 Å². The van der Waals surface area contributed by atoms with Crippen molar-refractivity contribution in [1.82, 2.24) is 0 Å². The Morgan fingerprint density at radius 3 is 0.894 bits per heavy atom. The molecule has 0 fully saturated rings. The van der Waals surface area contributed by atoms with Crippen molar-refractivity contribution in [2.75, 3.05) is 17.2 Å². The number of nitrogen functional groups attached to an aromatic ring is 3. The molecule has 0 aliphatic rings. The van der Waals surface area contributed by atoms with Crippen molar-refractivity contribution in [3.05, 3.63) is 145 Å². The standard InChI is InChI=1S/C36H27F3N3O4P/c37-31-19-22(40)1-16-34(31)44-25-4-10-28(11-5-25)47(43,29-12-6-26(7-13-29)45-35-17-2-23(41)20-32(35)38)30-14-8-27(9-15-30)46-36-18-3-24(42)21-33(36)39/h1-21H,40-42H2. The summed E-state index contributed by atoms with van der Waals surface area (Å²) in [5, 5.41) is 1.33. The molecule has 0 spiro atoms. The Hall–Kier alpha value is -5.86. The highest BCUT2D eigenvalue weighted by Gasteiger charge is 2.30. The third-order valence-corrected chi connectivity index (χ3v) is 10.2. The Morgan fingerprint density at radius 2 is 0.660 bits per heavy atom. The molecule has 0 saturated heterocycles. The van der Waals surface area contributed by atoms with Gasteiger partial charge in [-0.25, -0.2) is 13.2 Å². The van der Waals surface area contributed by atoms with Gasteiger partial charge in [-0.05, 0) is 109 Å². The fraction of sp³-hybridized carbons (Fsp3) is 0. The van der Waals surface area contributed by atoms with Crippen molar-refractivity contribution in [2.24, 2.45) is 0 Å². The number of anilines is 3. The topological polar surface area (TPSA) is 123 Å². The molecular formula is C36H27F3N3O4P. The van der Waals surface area contributed by atoms with Gasteiger partial charge in [0.2, 0.25) is 0 Å². The molecule has 0 aliphatic heterocycles. The van der Waals surface area contributed by atoms with E-state index < -0.39 is 24.6 Å². The van der Waals surface area contributed by atoms with Crippen LogP contribution >= 0.6 is 7.14 Å². The summed E-state index contributed by atoms with van der Waals surface area (Å²) in [6, 6.07) is 31.6. The zero-order valence-corrected chi connectivity index (χ0v) is 25.5. The van der Waals surface area contributed by atoms with Crippen molar-refractivity contribution in [2.45, 2.75) is 0 Å². The van der Waals surface area contributed by atoms with Crippen molar-refractivity contribution in [3.63, 3.8) is 0 Å². The maximum absolute atomic E-state index is 15.2. The molecule has 47 heavy (non-hydrogen) atoms. The Balaban J connectivity index is 1.34. The van der Waals surface area contributed by atoms with Gasteiger partial charge in [-0.3, -0.25) is 0 Å². The molecule has 6 aromatic rings. The van der Waals surface area contributed by atoms with Gasteiger partial charge in [0, 0.05) is 51.2 Å². The quantitative estimate of drug-likeness (QED) is 0.107. The van der Waals surface area contributed by atoms with Gasteiger partial charge in [0.1, 0.15) is 17.2 Å². The molecule has 0 unspecified atom stereocenters. The summed E-state index contributed by atoms with van der Waals surface area (Å²) >= 11 is 0. The van der Waals surface area contributed by atoms with Crippen LogP contribution < -0.4 is 47.3 Å². The maximum atomic E-state index is 15.2. The van der Waals surface area contributed by atoms with Gasteiger partial charge >= 0.3 is 0 Å². The lowest BCUT2D eigenvalue weighted by Gasteiger charge is -2.21. The Labute approximate surface area is 268 Å². The third-order valence-electron chi connectivity index (χ3n) is 7.15.